The number of ketones is 1. The minimum Gasteiger partial charge on any atom is -0.481 e. The maximum Gasteiger partial charge on any atom is 0.330 e. The molecule has 240 valence electrons. The molecule has 43 heavy (non-hydrogen) atoms. The smallest absolute Gasteiger partial charge is 0.330 e. The molecule has 0 amide bonds. The Hall–Kier alpha value is -2.56. The number of carbonyl (C=O) groups excluding carboxylic acids is 3. The third-order valence-electron chi connectivity index (χ3n) is 11.7. The van der Waals surface area contributed by atoms with Crippen molar-refractivity contribution in [2.75, 3.05) is 0 Å². The van der Waals surface area contributed by atoms with Crippen LogP contribution in [0.15, 0.2) is 23.3 Å². The van der Waals surface area contributed by atoms with Gasteiger partial charge in [0, 0.05) is 31.3 Å². The Morgan fingerprint density at radius 2 is 1.70 bits per heavy atom. The van der Waals surface area contributed by atoms with Crippen LogP contribution >= 0.6 is 0 Å². The van der Waals surface area contributed by atoms with Gasteiger partial charge in [-0.05, 0) is 77.0 Å². The summed E-state index contributed by atoms with van der Waals surface area (Å²) in [5.74, 6) is -3.07. The number of ether oxygens (including phenoxy) is 2. The summed E-state index contributed by atoms with van der Waals surface area (Å²) < 4.78 is 11.7. The van der Waals surface area contributed by atoms with Crippen LogP contribution in [0.2, 0.25) is 0 Å². The number of carboxylic acids is 1. The average molecular weight is 605 g/mol. The van der Waals surface area contributed by atoms with Crippen molar-refractivity contribution in [3.05, 3.63) is 23.3 Å². The largest absolute Gasteiger partial charge is 0.481 e. The summed E-state index contributed by atoms with van der Waals surface area (Å²) in [6.45, 7) is 10.6. The predicted octanol–water partition coefficient (Wildman–Crippen LogP) is 3.79. The Kier molecular flexibility index (Phi) is 8.85. The minimum absolute atomic E-state index is 0.0178. The normalized spacial score (nSPS) is 40.6. The van der Waals surface area contributed by atoms with Crippen molar-refractivity contribution in [2.45, 2.75) is 135 Å². The molecular weight excluding hydrogens is 556 g/mol. The van der Waals surface area contributed by atoms with Crippen molar-refractivity contribution in [1.29, 1.82) is 0 Å². The third-order valence-corrected chi connectivity index (χ3v) is 11.7. The van der Waals surface area contributed by atoms with Gasteiger partial charge in [0.05, 0.1) is 5.41 Å². The van der Waals surface area contributed by atoms with Gasteiger partial charge in [-0.15, -0.1) is 0 Å². The number of rotatable bonds is 9. The number of allylic oxidation sites excluding steroid dienone is 1. The molecule has 4 aliphatic carbocycles. The van der Waals surface area contributed by atoms with Crippen molar-refractivity contribution >= 4 is 23.7 Å². The monoisotopic (exact) mass is 604 g/mol. The highest BCUT2D eigenvalue weighted by molar-refractivity contribution is 5.87. The highest BCUT2D eigenvalue weighted by atomic mass is 16.6. The first-order chi connectivity index (χ1) is 19.9. The van der Waals surface area contributed by atoms with E-state index in [2.05, 4.69) is 0 Å². The van der Waals surface area contributed by atoms with E-state index in [1.807, 2.05) is 33.8 Å². The lowest BCUT2D eigenvalue weighted by atomic mass is 9.42. The lowest BCUT2D eigenvalue weighted by Gasteiger charge is -2.67. The maximum absolute atomic E-state index is 13.2. The van der Waals surface area contributed by atoms with Gasteiger partial charge < -0.3 is 29.9 Å². The first-order valence-corrected chi connectivity index (χ1v) is 15.5. The molecule has 8 atom stereocenters. The summed E-state index contributed by atoms with van der Waals surface area (Å²) in [5.41, 5.74) is -6.20. The number of Topliss-reactive ketones (excluding diaryl/α,β-unsaturated/α-hetero) is 1. The zero-order valence-electron chi connectivity index (χ0n) is 26.3. The summed E-state index contributed by atoms with van der Waals surface area (Å²) in [7, 11) is 0. The predicted molar refractivity (Wildman–Crippen MR) is 155 cm³/mol. The Labute approximate surface area is 253 Å². The van der Waals surface area contributed by atoms with Crippen LogP contribution in [0.25, 0.3) is 0 Å². The van der Waals surface area contributed by atoms with Crippen LogP contribution in [0.4, 0.5) is 0 Å². The molecule has 0 aromatic rings. The van der Waals surface area contributed by atoms with Gasteiger partial charge in [0.15, 0.2) is 5.78 Å². The van der Waals surface area contributed by atoms with Crippen LogP contribution in [0.5, 0.6) is 0 Å². The van der Waals surface area contributed by atoms with Crippen LogP contribution in [0, 0.1) is 22.7 Å². The van der Waals surface area contributed by atoms with E-state index in [0.29, 0.717) is 19.3 Å². The van der Waals surface area contributed by atoms with Crippen LogP contribution < -0.4 is 0 Å². The van der Waals surface area contributed by atoms with Gasteiger partial charge >= 0.3 is 17.9 Å². The molecule has 0 aliphatic heterocycles. The summed E-state index contributed by atoms with van der Waals surface area (Å²) in [6.07, 6.45) is 3.47. The number of fused-ring (bicyclic) bond motifs is 5. The minimum atomic E-state index is -2.01. The van der Waals surface area contributed by atoms with Gasteiger partial charge in [-0.1, -0.05) is 38.0 Å². The maximum atomic E-state index is 13.2. The van der Waals surface area contributed by atoms with Crippen molar-refractivity contribution < 1.29 is 49.1 Å². The standard InChI is InChI=1S/C33H48O10/c1-19(2)20(3)16-28(38)43-25-18-24-29(5)12-11-23(42-27(37)9-7-8-26(35)36)17-22(29)10-13-32(24,40)33(41)15-14-31(39,21(4)34)30(25,33)6/h10,16,19,23-25,39-41H,7-9,11-15,17-18H2,1-6H3,(H,35,36)/b20-16+/t23-,24+,25+,29-,30+,31+,32-,33+/m0/s1. The summed E-state index contributed by atoms with van der Waals surface area (Å²) in [6, 6.07) is 0. The van der Waals surface area contributed by atoms with Gasteiger partial charge in [-0.2, -0.15) is 0 Å². The molecule has 3 saturated carbocycles. The van der Waals surface area contributed by atoms with E-state index < -0.39 is 69.5 Å². The molecule has 0 spiro atoms. The zero-order chi connectivity index (χ0) is 32.2. The molecule has 0 heterocycles. The Morgan fingerprint density at radius 3 is 2.30 bits per heavy atom. The van der Waals surface area contributed by atoms with Gasteiger partial charge in [0.1, 0.15) is 29.0 Å². The van der Waals surface area contributed by atoms with Crippen molar-refractivity contribution in [3.8, 4) is 0 Å². The molecule has 4 aliphatic rings. The summed E-state index contributed by atoms with van der Waals surface area (Å²) in [5, 5.41) is 45.7. The number of aliphatic hydroxyl groups is 3. The number of aliphatic carboxylic acids is 1. The molecule has 0 bridgehead atoms. The molecular formula is C33H48O10. The Bertz CT molecular complexity index is 1240. The molecule has 0 radical (unpaired) electrons. The quantitative estimate of drug-likeness (QED) is 0.173. The zero-order valence-corrected chi connectivity index (χ0v) is 26.3. The molecule has 0 unspecified atom stereocenters. The van der Waals surface area contributed by atoms with Gasteiger partial charge in [-0.3, -0.25) is 14.4 Å². The number of hydrogen-bond acceptors (Lipinski definition) is 9. The highest BCUT2D eigenvalue weighted by Gasteiger charge is 2.81. The van der Waals surface area contributed by atoms with E-state index in [0.717, 1.165) is 11.1 Å². The van der Waals surface area contributed by atoms with E-state index in [-0.39, 0.29) is 50.9 Å². The van der Waals surface area contributed by atoms with Crippen molar-refractivity contribution in [3.63, 3.8) is 0 Å². The number of carboxylic acid groups (broad SMARTS) is 1. The second-order valence-corrected chi connectivity index (χ2v) is 14.1. The Morgan fingerprint density at radius 1 is 1.02 bits per heavy atom. The van der Waals surface area contributed by atoms with Gasteiger partial charge in [-0.25, -0.2) is 4.79 Å². The highest BCUT2D eigenvalue weighted by Crippen LogP contribution is 2.71. The molecule has 0 saturated heterocycles. The molecule has 10 nitrogen and oxygen atoms in total. The number of hydrogen-bond donors (Lipinski definition) is 4. The second-order valence-electron chi connectivity index (χ2n) is 14.1. The Balaban J connectivity index is 1.68. The van der Waals surface area contributed by atoms with E-state index in [4.69, 9.17) is 14.6 Å². The third kappa shape index (κ3) is 5.17. The second kappa shape index (κ2) is 11.4. The van der Waals surface area contributed by atoms with E-state index in [1.165, 1.54) is 13.0 Å². The fourth-order valence-electron chi connectivity index (χ4n) is 8.61. The number of carbonyl (C=O) groups is 4. The van der Waals surface area contributed by atoms with Crippen LogP contribution in [-0.4, -0.2) is 73.1 Å². The molecule has 3 fully saturated rings. The van der Waals surface area contributed by atoms with Crippen molar-refractivity contribution in [1.82, 2.24) is 0 Å². The number of esters is 2. The van der Waals surface area contributed by atoms with E-state index >= 15 is 0 Å². The summed E-state index contributed by atoms with van der Waals surface area (Å²) >= 11 is 0. The molecule has 4 rings (SSSR count). The van der Waals surface area contributed by atoms with Gasteiger partial charge in [0.25, 0.3) is 0 Å². The molecule has 0 aromatic heterocycles. The van der Waals surface area contributed by atoms with Gasteiger partial charge in [0.2, 0.25) is 0 Å². The SMILES string of the molecule is CC(=O)[C@]1(O)CC[C@@]2(O)[C@]1(C)[C@H](OC(=O)/C=C(\C)C(C)C)C[C@@H]1[C@@]3(C)CC[C@H](OC(=O)CCCC(=O)O)CC3=CC[C@]12O. The van der Waals surface area contributed by atoms with Crippen LogP contribution in [0.1, 0.15) is 106 Å². The fraction of sp³-hybridized carbons (Fsp3) is 0.758. The average Bonchev–Trinajstić information content (AvgIpc) is 3.14. The summed E-state index contributed by atoms with van der Waals surface area (Å²) in [4.78, 5) is 49.3. The first-order valence-electron chi connectivity index (χ1n) is 15.5. The fourth-order valence-corrected chi connectivity index (χ4v) is 8.61. The molecule has 4 N–H and O–H groups in total. The van der Waals surface area contributed by atoms with Crippen LogP contribution in [-0.2, 0) is 28.7 Å². The molecule has 10 heteroatoms. The topological polar surface area (TPSA) is 168 Å². The molecule has 0 aromatic carbocycles. The van der Waals surface area contributed by atoms with Crippen molar-refractivity contribution in [2.24, 2.45) is 22.7 Å². The van der Waals surface area contributed by atoms with E-state index in [1.54, 1.807) is 6.92 Å². The first kappa shape index (κ1) is 33.3. The van der Waals surface area contributed by atoms with E-state index in [9.17, 15) is 34.5 Å². The lowest BCUT2D eigenvalue weighted by Crippen LogP contribution is -2.78. The van der Waals surface area contributed by atoms with Crippen LogP contribution in [0.3, 0.4) is 0 Å². The lowest BCUT2D eigenvalue weighted by molar-refractivity contribution is -0.314.